The van der Waals surface area contributed by atoms with Crippen molar-refractivity contribution in [1.82, 2.24) is 5.32 Å². The molecule has 1 saturated heterocycles. The normalized spacial score (nSPS) is 16.2. The van der Waals surface area contributed by atoms with Crippen molar-refractivity contribution in [2.75, 3.05) is 31.0 Å². The highest BCUT2D eigenvalue weighted by molar-refractivity contribution is 5.98. The van der Waals surface area contributed by atoms with Gasteiger partial charge in [0, 0.05) is 24.7 Å². The fraction of sp³-hybridized carbons (Fsp3) is 0.300. The number of amides is 3. The minimum atomic E-state index is -0.387. The molecule has 7 nitrogen and oxygen atoms in total. The number of anilines is 2. The molecule has 1 unspecified atom stereocenters. The number of nitrogens with one attached hydrogen (secondary N) is 2. The highest BCUT2D eigenvalue weighted by atomic mass is 16.5. The van der Waals surface area contributed by atoms with Gasteiger partial charge in [-0.15, -0.1) is 0 Å². The van der Waals surface area contributed by atoms with Crippen LogP contribution in [-0.2, 0) is 4.79 Å². The van der Waals surface area contributed by atoms with Crippen molar-refractivity contribution in [1.29, 1.82) is 0 Å². The molecule has 0 aliphatic carbocycles. The van der Waals surface area contributed by atoms with Crippen LogP contribution in [0.25, 0.3) is 0 Å². The first-order chi connectivity index (χ1) is 13.0. The highest BCUT2D eigenvalue weighted by Crippen LogP contribution is 2.29. The van der Waals surface area contributed by atoms with E-state index in [1.807, 2.05) is 31.2 Å². The SMILES string of the molecule is COc1ccc(NC(=O)NC2CC(=O)N(c3ccc(C)cc3)C2)c(OC)c1. The van der Waals surface area contributed by atoms with E-state index in [2.05, 4.69) is 10.6 Å². The first kappa shape index (κ1) is 18.6. The minimum Gasteiger partial charge on any atom is -0.497 e. The number of methoxy groups -OCH3 is 2. The second-order valence-corrected chi connectivity index (χ2v) is 6.41. The molecule has 0 spiro atoms. The predicted molar refractivity (Wildman–Crippen MR) is 104 cm³/mol. The Balaban J connectivity index is 1.62. The Morgan fingerprint density at radius 3 is 2.52 bits per heavy atom. The van der Waals surface area contributed by atoms with Crippen molar-refractivity contribution in [3.8, 4) is 11.5 Å². The molecule has 2 aromatic carbocycles. The van der Waals surface area contributed by atoms with Gasteiger partial charge in [-0.25, -0.2) is 4.79 Å². The smallest absolute Gasteiger partial charge is 0.319 e. The molecule has 1 heterocycles. The average Bonchev–Trinajstić information content (AvgIpc) is 3.02. The molecule has 0 radical (unpaired) electrons. The van der Waals surface area contributed by atoms with Crippen molar-refractivity contribution in [2.24, 2.45) is 0 Å². The number of ether oxygens (including phenoxy) is 2. The lowest BCUT2D eigenvalue weighted by Crippen LogP contribution is -2.39. The zero-order chi connectivity index (χ0) is 19.4. The van der Waals surface area contributed by atoms with E-state index < -0.39 is 0 Å². The molecular formula is C20H23N3O4. The maximum atomic E-state index is 12.3. The summed E-state index contributed by atoms with van der Waals surface area (Å²) in [6, 6.07) is 12.2. The van der Waals surface area contributed by atoms with E-state index in [0.29, 0.717) is 23.7 Å². The summed E-state index contributed by atoms with van der Waals surface area (Å²) in [5.41, 5.74) is 2.50. The van der Waals surface area contributed by atoms with Gasteiger partial charge in [-0.2, -0.15) is 0 Å². The van der Waals surface area contributed by atoms with E-state index in [9.17, 15) is 9.59 Å². The molecule has 7 heteroatoms. The predicted octanol–water partition coefficient (Wildman–Crippen LogP) is 2.94. The van der Waals surface area contributed by atoms with Crippen LogP contribution in [0.5, 0.6) is 11.5 Å². The summed E-state index contributed by atoms with van der Waals surface area (Å²) in [4.78, 5) is 26.3. The van der Waals surface area contributed by atoms with Gasteiger partial charge in [0.15, 0.2) is 0 Å². The van der Waals surface area contributed by atoms with E-state index in [1.165, 1.54) is 7.11 Å². The molecule has 1 atom stereocenters. The van der Waals surface area contributed by atoms with Crippen molar-refractivity contribution in [2.45, 2.75) is 19.4 Å². The number of benzene rings is 2. The van der Waals surface area contributed by atoms with Crippen LogP contribution < -0.4 is 25.0 Å². The molecule has 2 N–H and O–H groups in total. The fourth-order valence-electron chi connectivity index (χ4n) is 3.02. The number of carbonyl (C=O) groups excluding carboxylic acids is 2. The molecule has 27 heavy (non-hydrogen) atoms. The van der Waals surface area contributed by atoms with Crippen LogP contribution in [0.4, 0.5) is 16.2 Å². The minimum absolute atomic E-state index is 0.00817. The average molecular weight is 369 g/mol. The third-order valence-corrected chi connectivity index (χ3v) is 4.46. The molecule has 1 aliphatic rings. The summed E-state index contributed by atoms with van der Waals surface area (Å²) < 4.78 is 10.4. The Morgan fingerprint density at radius 1 is 1.11 bits per heavy atom. The van der Waals surface area contributed by atoms with Crippen LogP contribution in [0.15, 0.2) is 42.5 Å². The molecule has 3 rings (SSSR count). The molecule has 3 amide bonds. The van der Waals surface area contributed by atoms with Crippen molar-refractivity contribution >= 4 is 23.3 Å². The first-order valence-electron chi connectivity index (χ1n) is 8.66. The van der Waals surface area contributed by atoms with Crippen molar-refractivity contribution in [3.63, 3.8) is 0 Å². The lowest BCUT2D eigenvalue weighted by molar-refractivity contribution is -0.117. The Labute approximate surface area is 158 Å². The molecule has 0 saturated carbocycles. The van der Waals surface area contributed by atoms with E-state index >= 15 is 0 Å². The molecular weight excluding hydrogens is 346 g/mol. The molecule has 0 bridgehead atoms. The van der Waals surface area contributed by atoms with Crippen LogP contribution in [0.1, 0.15) is 12.0 Å². The lowest BCUT2D eigenvalue weighted by Gasteiger charge is -2.18. The zero-order valence-corrected chi connectivity index (χ0v) is 15.6. The number of rotatable bonds is 5. The third-order valence-electron chi connectivity index (χ3n) is 4.46. The Morgan fingerprint density at radius 2 is 1.85 bits per heavy atom. The molecule has 0 aromatic heterocycles. The number of carbonyl (C=O) groups is 2. The van der Waals surface area contributed by atoms with Gasteiger partial charge in [-0.05, 0) is 31.2 Å². The molecule has 1 aliphatic heterocycles. The van der Waals surface area contributed by atoms with Crippen LogP contribution in [-0.4, -0.2) is 38.7 Å². The van der Waals surface area contributed by atoms with Gasteiger partial charge >= 0.3 is 6.03 Å². The summed E-state index contributed by atoms with van der Waals surface area (Å²) in [6.07, 6.45) is 0.265. The number of aryl methyl sites for hydroxylation is 1. The van der Waals surface area contributed by atoms with E-state index in [1.54, 1.807) is 30.2 Å². The van der Waals surface area contributed by atoms with Gasteiger partial charge in [0.05, 0.1) is 25.9 Å². The highest BCUT2D eigenvalue weighted by Gasteiger charge is 2.31. The van der Waals surface area contributed by atoms with E-state index in [-0.39, 0.29) is 24.4 Å². The molecule has 2 aromatic rings. The van der Waals surface area contributed by atoms with E-state index in [0.717, 1.165) is 11.3 Å². The van der Waals surface area contributed by atoms with Crippen molar-refractivity contribution < 1.29 is 19.1 Å². The Hall–Kier alpha value is -3.22. The van der Waals surface area contributed by atoms with Crippen LogP contribution in [0.2, 0.25) is 0 Å². The Kier molecular flexibility index (Phi) is 5.49. The summed E-state index contributed by atoms with van der Waals surface area (Å²) in [5.74, 6) is 1.12. The third kappa shape index (κ3) is 4.31. The van der Waals surface area contributed by atoms with Gasteiger partial charge in [0.1, 0.15) is 11.5 Å². The van der Waals surface area contributed by atoms with Gasteiger partial charge < -0.3 is 25.0 Å². The van der Waals surface area contributed by atoms with Crippen LogP contribution in [0.3, 0.4) is 0 Å². The van der Waals surface area contributed by atoms with Gasteiger partial charge in [-0.3, -0.25) is 4.79 Å². The number of urea groups is 1. The first-order valence-corrected chi connectivity index (χ1v) is 8.66. The summed E-state index contributed by atoms with van der Waals surface area (Å²) in [5, 5.41) is 5.61. The second-order valence-electron chi connectivity index (χ2n) is 6.41. The zero-order valence-electron chi connectivity index (χ0n) is 15.6. The summed E-state index contributed by atoms with van der Waals surface area (Å²) in [6.45, 7) is 2.44. The van der Waals surface area contributed by atoms with Crippen LogP contribution in [0, 0.1) is 6.92 Å². The van der Waals surface area contributed by atoms with Gasteiger partial charge in [0.2, 0.25) is 5.91 Å². The van der Waals surface area contributed by atoms with E-state index in [4.69, 9.17) is 9.47 Å². The number of hydrogen-bond donors (Lipinski definition) is 2. The van der Waals surface area contributed by atoms with Crippen molar-refractivity contribution in [3.05, 3.63) is 48.0 Å². The monoisotopic (exact) mass is 369 g/mol. The maximum Gasteiger partial charge on any atom is 0.319 e. The standard InChI is InChI=1S/C20H23N3O4/c1-13-4-6-15(7-5-13)23-12-14(10-19(23)24)21-20(25)22-17-9-8-16(26-2)11-18(17)27-3/h4-9,11,14H,10,12H2,1-3H3,(H2,21,22,25). The number of nitrogens with zero attached hydrogens (tertiary/aromatic N) is 1. The topological polar surface area (TPSA) is 79.9 Å². The molecule has 142 valence electrons. The Bertz CT molecular complexity index is 836. The number of hydrogen-bond acceptors (Lipinski definition) is 4. The van der Waals surface area contributed by atoms with Gasteiger partial charge in [0.25, 0.3) is 0 Å². The molecule has 1 fully saturated rings. The lowest BCUT2D eigenvalue weighted by atomic mass is 10.2. The quantitative estimate of drug-likeness (QED) is 0.849. The fourth-order valence-corrected chi connectivity index (χ4v) is 3.02. The van der Waals surface area contributed by atoms with Gasteiger partial charge in [-0.1, -0.05) is 17.7 Å². The maximum absolute atomic E-state index is 12.3. The van der Waals surface area contributed by atoms with Crippen LogP contribution >= 0.6 is 0 Å². The second kappa shape index (κ2) is 7.99. The largest absolute Gasteiger partial charge is 0.497 e. The summed E-state index contributed by atoms with van der Waals surface area (Å²) in [7, 11) is 3.08. The summed E-state index contributed by atoms with van der Waals surface area (Å²) >= 11 is 0.